The number of carbonyl (C=O) groups excluding carboxylic acids is 1. The molecule has 3 atom stereocenters. The minimum absolute atomic E-state index is 0.0314. The number of hydrogen-bond donors (Lipinski definition) is 3. The van der Waals surface area contributed by atoms with Gasteiger partial charge in [0.1, 0.15) is 23.8 Å². The van der Waals surface area contributed by atoms with Gasteiger partial charge in [-0.15, -0.1) is 0 Å². The van der Waals surface area contributed by atoms with E-state index in [9.17, 15) is 22.0 Å². The summed E-state index contributed by atoms with van der Waals surface area (Å²) < 4.78 is 57.2. The van der Waals surface area contributed by atoms with Crippen LogP contribution < -0.4 is 16.8 Å². The van der Waals surface area contributed by atoms with E-state index in [0.29, 0.717) is 24.9 Å². The molecule has 0 fully saturated rings. The van der Waals surface area contributed by atoms with Crippen LogP contribution >= 0.6 is 0 Å². The Morgan fingerprint density at radius 2 is 1.69 bits per heavy atom. The zero-order chi connectivity index (χ0) is 26.7. The minimum Gasteiger partial charge on any atom is -0.458 e. The molecule has 0 amide bonds. The van der Waals surface area contributed by atoms with Gasteiger partial charge in [-0.25, -0.2) is 17.2 Å². The first-order valence-corrected chi connectivity index (χ1v) is 14.0. The summed E-state index contributed by atoms with van der Waals surface area (Å²) in [5.41, 5.74) is 14.7. The number of unbranched alkanes of at least 4 members (excludes halogenated alkanes) is 1. The lowest BCUT2D eigenvalue weighted by Crippen LogP contribution is -2.49. The number of esters is 1. The van der Waals surface area contributed by atoms with Crippen molar-refractivity contribution in [1.82, 2.24) is 5.32 Å². The van der Waals surface area contributed by atoms with E-state index < -0.39 is 51.4 Å². The molecular weight excluding hydrogens is 488 g/mol. The van der Waals surface area contributed by atoms with Crippen molar-refractivity contribution in [2.45, 2.75) is 64.3 Å². The molecule has 0 bridgehead atoms. The molecule has 0 heterocycles. The van der Waals surface area contributed by atoms with Crippen LogP contribution in [0.1, 0.15) is 43.4 Å². The Balaban J connectivity index is 2.10. The highest BCUT2D eigenvalue weighted by atomic mass is 32.2. The van der Waals surface area contributed by atoms with Crippen molar-refractivity contribution in [3.05, 3.63) is 70.8 Å². The second-order valence-electron chi connectivity index (χ2n) is 9.00. The number of halogens is 2. The molecule has 0 unspecified atom stereocenters. The Morgan fingerprint density at radius 1 is 1.03 bits per heavy atom. The molecule has 0 saturated carbocycles. The standard InChI is InChI=1S/C26H37F2N3O4S/c1-3-5-9-36(33,34)17-24(30)26(32)35-25(16-31-15-19-8-6-7-18(4-2)10-19)23(29)13-20-11-21(27)14-22(28)12-20/h6-8,10-12,14,23-25,31H,3-5,9,13,15-17,29-30H2,1-2H3/t23-,24-,25+/m0/s1. The summed E-state index contributed by atoms with van der Waals surface area (Å²) >= 11 is 0. The molecule has 0 spiro atoms. The van der Waals surface area contributed by atoms with Crippen LogP contribution in [0.3, 0.4) is 0 Å². The minimum atomic E-state index is -3.52. The highest BCUT2D eigenvalue weighted by Gasteiger charge is 2.28. The van der Waals surface area contributed by atoms with E-state index in [4.69, 9.17) is 16.2 Å². The van der Waals surface area contributed by atoms with E-state index in [-0.39, 0.29) is 18.7 Å². The van der Waals surface area contributed by atoms with Crippen LogP contribution in [0.4, 0.5) is 8.78 Å². The van der Waals surface area contributed by atoms with Gasteiger partial charge in [-0.3, -0.25) is 4.79 Å². The Morgan fingerprint density at radius 3 is 2.33 bits per heavy atom. The fourth-order valence-electron chi connectivity index (χ4n) is 3.76. The predicted molar refractivity (Wildman–Crippen MR) is 137 cm³/mol. The molecule has 5 N–H and O–H groups in total. The maximum atomic E-state index is 13.6. The smallest absolute Gasteiger partial charge is 0.324 e. The summed E-state index contributed by atoms with van der Waals surface area (Å²) in [6.45, 7) is 4.53. The van der Waals surface area contributed by atoms with E-state index in [0.717, 1.165) is 30.2 Å². The second kappa shape index (κ2) is 14.4. The molecule has 0 aliphatic rings. The molecule has 0 saturated heterocycles. The lowest BCUT2D eigenvalue weighted by Gasteiger charge is -2.26. The maximum absolute atomic E-state index is 13.6. The highest BCUT2D eigenvalue weighted by Crippen LogP contribution is 2.13. The van der Waals surface area contributed by atoms with Gasteiger partial charge in [-0.2, -0.15) is 0 Å². The zero-order valence-corrected chi connectivity index (χ0v) is 21.7. The van der Waals surface area contributed by atoms with Crippen LogP contribution in [0.15, 0.2) is 42.5 Å². The number of sulfone groups is 1. The van der Waals surface area contributed by atoms with E-state index in [1.54, 1.807) is 0 Å². The number of ether oxygens (including phenoxy) is 1. The maximum Gasteiger partial charge on any atom is 0.324 e. The molecule has 2 aromatic carbocycles. The van der Waals surface area contributed by atoms with Crippen molar-refractivity contribution < 1.29 is 26.7 Å². The van der Waals surface area contributed by atoms with Crippen LogP contribution in [0, 0.1) is 11.6 Å². The molecule has 2 aromatic rings. The molecule has 200 valence electrons. The molecule has 0 aliphatic carbocycles. The number of aryl methyl sites for hydroxylation is 1. The first-order valence-electron chi connectivity index (χ1n) is 12.2. The number of nitrogens with two attached hydrogens (primary N) is 2. The van der Waals surface area contributed by atoms with Crippen molar-refractivity contribution in [2.75, 3.05) is 18.1 Å². The van der Waals surface area contributed by atoms with E-state index >= 15 is 0 Å². The van der Waals surface area contributed by atoms with Gasteiger partial charge < -0.3 is 21.5 Å². The number of rotatable bonds is 15. The fraction of sp³-hybridized carbons (Fsp3) is 0.500. The molecular formula is C26H37F2N3O4S. The molecule has 0 radical (unpaired) electrons. The molecule has 36 heavy (non-hydrogen) atoms. The van der Waals surface area contributed by atoms with Crippen LogP contribution in [0.25, 0.3) is 0 Å². The topological polar surface area (TPSA) is 125 Å². The fourth-order valence-corrected chi connectivity index (χ4v) is 5.34. The molecule has 0 aliphatic heterocycles. The van der Waals surface area contributed by atoms with Gasteiger partial charge >= 0.3 is 5.97 Å². The van der Waals surface area contributed by atoms with Gasteiger partial charge in [-0.05, 0) is 48.1 Å². The van der Waals surface area contributed by atoms with Crippen LogP contribution in [0.5, 0.6) is 0 Å². The lowest BCUT2D eigenvalue weighted by atomic mass is 10.0. The molecule has 7 nitrogen and oxygen atoms in total. The van der Waals surface area contributed by atoms with E-state index in [1.165, 1.54) is 5.56 Å². The summed E-state index contributed by atoms with van der Waals surface area (Å²) in [5, 5.41) is 3.20. The Hall–Kier alpha value is -2.40. The average Bonchev–Trinajstić information content (AvgIpc) is 2.81. The van der Waals surface area contributed by atoms with Gasteiger partial charge in [0.2, 0.25) is 0 Å². The third-order valence-corrected chi connectivity index (χ3v) is 7.54. The Labute approximate surface area is 212 Å². The summed E-state index contributed by atoms with van der Waals surface area (Å²) in [4.78, 5) is 12.7. The van der Waals surface area contributed by atoms with E-state index in [1.807, 2.05) is 25.1 Å². The molecule has 2 rings (SSSR count). The Kier molecular flexibility index (Phi) is 11.9. The van der Waals surface area contributed by atoms with Gasteiger partial charge in [0, 0.05) is 25.2 Å². The highest BCUT2D eigenvalue weighted by molar-refractivity contribution is 7.91. The van der Waals surface area contributed by atoms with Crippen LogP contribution in [0.2, 0.25) is 0 Å². The van der Waals surface area contributed by atoms with Crippen LogP contribution in [-0.2, 0) is 38.8 Å². The number of nitrogens with one attached hydrogen (secondary N) is 1. The quantitative estimate of drug-likeness (QED) is 0.305. The number of carbonyl (C=O) groups is 1. The summed E-state index contributed by atoms with van der Waals surface area (Å²) in [7, 11) is -3.52. The molecule has 0 aromatic heterocycles. The largest absolute Gasteiger partial charge is 0.458 e. The summed E-state index contributed by atoms with van der Waals surface area (Å²) in [6.07, 6.45) is 1.18. The van der Waals surface area contributed by atoms with Crippen molar-refractivity contribution in [2.24, 2.45) is 11.5 Å². The van der Waals surface area contributed by atoms with Gasteiger partial charge in [-0.1, -0.05) is 44.5 Å². The van der Waals surface area contributed by atoms with E-state index in [2.05, 4.69) is 18.3 Å². The van der Waals surface area contributed by atoms with Gasteiger partial charge in [0.15, 0.2) is 9.84 Å². The van der Waals surface area contributed by atoms with Crippen LogP contribution in [-0.4, -0.2) is 50.6 Å². The average molecular weight is 526 g/mol. The lowest BCUT2D eigenvalue weighted by molar-refractivity contribution is -0.151. The van der Waals surface area contributed by atoms with Gasteiger partial charge in [0.05, 0.1) is 11.5 Å². The monoisotopic (exact) mass is 525 g/mol. The first kappa shape index (κ1) is 29.8. The van der Waals surface area contributed by atoms with Gasteiger partial charge in [0.25, 0.3) is 0 Å². The van der Waals surface area contributed by atoms with Crippen molar-refractivity contribution in [3.63, 3.8) is 0 Å². The SMILES string of the molecule is CCCCS(=O)(=O)C[C@H](N)C(=O)O[C@H](CNCc1cccc(CC)c1)[C@@H](N)Cc1cc(F)cc(F)c1. The van der Waals surface area contributed by atoms with Crippen molar-refractivity contribution in [1.29, 1.82) is 0 Å². The summed E-state index contributed by atoms with van der Waals surface area (Å²) in [6, 6.07) is 8.89. The zero-order valence-electron chi connectivity index (χ0n) is 20.9. The number of benzene rings is 2. The Bertz CT molecular complexity index is 1080. The molecule has 10 heteroatoms. The third kappa shape index (κ3) is 10.3. The number of hydrogen-bond acceptors (Lipinski definition) is 7. The third-order valence-electron chi connectivity index (χ3n) is 5.76. The predicted octanol–water partition coefficient (Wildman–Crippen LogP) is 2.64. The second-order valence-corrected chi connectivity index (χ2v) is 11.2. The van der Waals surface area contributed by atoms with Crippen molar-refractivity contribution in [3.8, 4) is 0 Å². The first-order chi connectivity index (χ1) is 17.0. The summed E-state index contributed by atoms with van der Waals surface area (Å²) in [5.74, 6) is -2.95. The normalized spacial score (nSPS) is 14.3. The van der Waals surface area contributed by atoms with Crippen molar-refractivity contribution >= 4 is 15.8 Å².